The Hall–Kier alpha value is -3.80. The number of benzene rings is 2. The van der Waals surface area contributed by atoms with E-state index in [2.05, 4.69) is 21.0 Å². The van der Waals surface area contributed by atoms with Crippen molar-refractivity contribution in [3.8, 4) is 11.5 Å². The maximum absolute atomic E-state index is 13.6. The van der Waals surface area contributed by atoms with Gasteiger partial charge in [0.1, 0.15) is 5.82 Å². The maximum atomic E-state index is 13.6. The third-order valence-corrected chi connectivity index (χ3v) is 6.87. The van der Waals surface area contributed by atoms with Crippen LogP contribution in [0.2, 0.25) is 0 Å². The van der Waals surface area contributed by atoms with Crippen molar-refractivity contribution < 1.29 is 23.9 Å². The number of hydrogen-bond acceptors (Lipinski definition) is 9. The number of rotatable bonds is 10. The maximum Gasteiger partial charge on any atom is 0.344 e. The molecule has 40 heavy (non-hydrogen) atoms. The van der Waals surface area contributed by atoms with Crippen LogP contribution in [0, 0.1) is 10.1 Å². The predicted molar refractivity (Wildman–Crippen MR) is 154 cm³/mol. The SMILES string of the molecule is CCOc1cc(C=Nn2c(C3CCCCC3)nc3ccc(Br)cc3c2=O)cc([N+](=O)[O-])c1OCC(=O)OC(C)C. The second-order valence-corrected chi connectivity index (χ2v) is 10.6. The minimum absolute atomic E-state index is 0.0657. The normalized spacial score (nSPS) is 14.1. The van der Waals surface area contributed by atoms with Gasteiger partial charge in [0.05, 0.1) is 34.8 Å². The molecule has 1 fully saturated rings. The first kappa shape index (κ1) is 29.2. The van der Waals surface area contributed by atoms with Crippen LogP contribution < -0.4 is 15.0 Å². The highest BCUT2D eigenvalue weighted by Crippen LogP contribution is 2.38. The van der Waals surface area contributed by atoms with Crippen LogP contribution in [0.4, 0.5) is 5.69 Å². The molecular formula is C28H31BrN4O7. The Balaban J connectivity index is 1.77. The third-order valence-electron chi connectivity index (χ3n) is 6.38. The third kappa shape index (κ3) is 6.85. The van der Waals surface area contributed by atoms with Gasteiger partial charge in [0, 0.05) is 22.0 Å². The van der Waals surface area contributed by atoms with Crippen molar-refractivity contribution in [2.75, 3.05) is 13.2 Å². The molecule has 4 rings (SSSR count). The van der Waals surface area contributed by atoms with E-state index in [4.69, 9.17) is 19.2 Å². The molecule has 0 saturated heterocycles. The van der Waals surface area contributed by atoms with E-state index in [0.717, 1.165) is 36.6 Å². The van der Waals surface area contributed by atoms with Crippen molar-refractivity contribution in [1.82, 2.24) is 9.66 Å². The average molecular weight is 615 g/mol. The number of nitrogens with zero attached hydrogens (tertiary/aromatic N) is 4. The van der Waals surface area contributed by atoms with Crippen LogP contribution in [0.15, 0.2) is 44.7 Å². The largest absolute Gasteiger partial charge is 0.490 e. The van der Waals surface area contributed by atoms with E-state index in [1.165, 1.54) is 23.0 Å². The molecule has 12 heteroatoms. The van der Waals surface area contributed by atoms with Gasteiger partial charge in [0.15, 0.2) is 12.4 Å². The molecule has 1 saturated carbocycles. The fourth-order valence-electron chi connectivity index (χ4n) is 4.68. The number of nitro benzene ring substituents is 1. The zero-order valence-corrected chi connectivity index (χ0v) is 24.2. The lowest BCUT2D eigenvalue weighted by Crippen LogP contribution is -2.25. The van der Waals surface area contributed by atoms with Crippen molar-refractivity contribution in [3.05, 3.63) is 66.7 Å². The summed E-state index contributed by atoms with van der Waals surface area (Å²) in [6, 6.07) is 8.11. The van der Waals surface area contributed by atoms with Crippen LogP contribution in [0.1, 0.15) is 70.2 Å². The molecule has 1 heterocycles. The van der Waals surface area contributed by atoms with Crippen molar-refractivity contribution in [1.29, 1.82) is 0 Å². The lowest BCUT2D eigenvalue weighted by Gasteiger charge is -2.22. The van der Waals surface area contributed by atoms with Crippen molar-refractivity contribution in [3.63, 3.8) is 0 Å². The van der Waals surface area contributed by atoms with E-state index in [9.17, 15) is 19.7 Å². The van der Waals surface area contributed by atoms with Crippen molar-refractivity contribution in [2.45, 2.75) is 64.9 Å². The lowest BCUT2D eigenvalue weighted by atomic mass is 9.88. The summed E-state index contributed by atoms with van der Waals surface area (Å²) in [7, 11) is 0. The predicted octanol–water partition coefficient (Wildman–Crippen LogP) is 5.73. The first-order valence-electron chi connectivity index (χ1n) is 13.2. The van der Waals surface area contributed by atoms with Gasteiger partial charge >= 0.3 is 11.7 Å². The lowest BCUT2D eigenvalue weighted by molar-refractivity contribution is -0.385. The Morgan fingerprint density at radius 1 is 1.23 bits per heavy atom. The Morgan fingerprint density at radius 2 is 1.98 bits per heavy atom. The molecule has 212 valence electrons. The number of fused-ring (bicyclic) bond motifs is 1. The summed E-state index contributed by atoms with van der Waals surface area (Å²) in [6.45, 7) is 4.77. The number of hydrogen-bond donors (Lipinski definition) is 0. The molecular weight excluding hydrogens is 584 g/mol. The molecule has 3 aromatic rings. The van der Waals surface area contributed by atoms with Gasteiger partial charge in [-0.25, -0.2) is 9.78 Å². The highest BCUT2D eigenvalue weighted by atomic mass is 79.9. The Bertz CT molecular complexity index is 1500. The number of ether oxygens (including phenoxy) is 3. The van der Waals surface area contributed by atoms with Crippen molar-refractivity contribution >= 4 is 44.7 Å². The molecule has 0 atom stereocenters. The highest BCUT2D eigenvalue weighted by molar-refractivity contribution is 9.10. The molecule has 1 aliphatic carbocycles. The minimum atomic E-state index is -0.664. The van der Waals surface area contributed by atoms with Gasteiger partial charge in [-0.15, -0.1) is 0 Å². The van der Waals surface area contributed by atoms with Crippen LogP contribution in [0.3, 0.4) is 0 Å². The van der Waals surface area contributed by atoms with E-state index in [0.29, 0.717) is 22.3 Å². The second kappa shape index (κ2) is 13.0. The van der Waals surface area contributed by atoms with Gasteiger partial charge in [0.25, 0.3) is 5.56 Å². The Labute approximate surface area is 239 Å². The molecule has 0 spiro atoms. The molecule has 0 aliphatic heterocycles. The van der Waals surface area contributed by atoms with Gasteiger partial charge < -0.3 is 14.2 Å². The van der Waals surface area contributed by atoms with Gasteiger partial charge in [-0.2, -0.15) is 9.78 Å². The summed E-state index contributed by atoms with van der Waals surface area (Å²) in [5.74, 6) is -0.152. The quantitative estimate of drug-likeness (QED) is 0.122. The first-order valence-corrected chi connectivity index (χ1v) is 14.0. The fraction of sp³-hybridized carbons (Fsp3) is 0.429. The second-order valence-electron chi connectivity index (χ2n) is 9.71. The van der Waals surface area contributed by atoms with E-state index < -0.39 is 23.2 Å². The average Bonchev–Trinajstić information content (AvgIpc) is 2.92. The number of nitro groups is 1. The zero-order chi connectivity index (χ0) is 28.8. The molecule has 0 bridgehead atoms. The van der Waals surface area contributed by atoms with Gasteiger partial charge in [0.2, 0.25) is 5.75 Å². The van der Waals surface area contributed by atoms with Crippen molar-refractivity contribution in [2.24, 2.45) is 5.10 Å². The molecule has 11 nitrogen and oxygen atoms in total. The standard InChI is InChI=1S/C28H31BrN4O7/c1-4-38-24-13-18(12-23(33(36)37)26(24)39-16-25(34)40-17(2)3)15-30-32-27(19-8-6-5-7-9-19)31-22-11-10-20(29)14-21(22)28(32)35/h10-15,17,19H,4-9,16H2,1-3H3. The topological polar surface area (TPSA) is 135 Å². The summed E-state index contributed by atoms with van der Waals surface area (Å²) in [5.41, 5.74) is 0.159. The van der Waals surface area contributed by atoms with Crippen LogP contribution in [0.5, 0.6) is 11.5 Å². The summed E-state index contributed by atoms with van der Waals surface area (Å²) in [5, 5.41) is 16.8. The summed E-state index contributed by atoms with van der Waals surface area (Å²) < 4.78 is 18.2. The summed E-state index contributed by atoms with van der Waals surface area (Å²) in [6.07, 6.45) is 6.02. The number of aromatic nitrogens is 2. The van der Waals surface area contributed by atoms with E-state index in [1.54, 1.807) is 32.9 Å². The molecule has 1 aliphatic rings. The molecule has 0 radical (unpaired) electrons. The van der Waals surface area contributed by atoms with Crippen LogP contribution in [-0.2, 0) is 9.53 Å². The number of halogens is 1. The first-order chi connectivity index (χ1) is 19.2. The zero-order valence-electron chi connectivity index (χ0n) is 22.6. The molecule has 0 amide bonds. The smallest absolute Gasteiger partial charge is 0.344 e. The number of carbonyl (C=O) groups is 1. The van der Waals surface area contributed by atoms with E-state index in [1.807, 2.05) is 6.07 Å². The van der Waals surface area contributed by atoms with E-state index in [-0.39, 0.29) is 35.7 Å². The summed E-state index contributed by atoms with van der Waals surface area (Å²) in [4.78, 5) is 41.7. The van der Waals surface area contributed by atoms with Crippen LogP contribution in [0.25, 0.3) is 10.9 Å². The fourth-order valence-corrected chi connectivity index (χ4v) is 5.04. The van der Waals surface area contributed by atoms with Crippen LogP contribution in [-0.4, -0.2) is 46.1 Å². The highest BCUT2D eigenvalue weighted by Gasteiger charge is 2.25. The summed E-state index contributed by atoms with van der Waals surface area (Å²) >= 11 is 3.41. The van der Waals surface area contributed by atoms with Gasteiger partial charge in [-0.3, -0.25) is 14.9 Å². The molecule has 2 aromatic carbocycles. The van der Waals surface area contributed by atoms with Gasteiger partial charge in [-0.05, 0) is 57.9 Å². The van der Waals surface area contributed by atoms with Crippen LogP contribution >= 0.6 is 15.9 Å². The number of carbonyl (C=O) groups excluding carboxylic acids is 1. The molecule has 0 unspecified atom stereocenters. The Kier molecular flexibility index (Phi) is 9.51. The Morgan fingerprint density at radius 3 is 2.65 bits per heavy atom. The molecule has 0 N–H and O–H groups in total. The molecule has 1 aromatic heterocycles. The minimum Gasteiger partial charge on any atom is -0.490 e. The van der Waals surface area contributed by atoms with Gasteiger partial charge in [-0.1, -0.05) is 35.2 Å². The van der Waals surface area contributed by atoms with E-state index >= 15 is 0 Å². The number of esters is 1. The monoisotopic (exact) mass is 614 g/mol.